The van der Waals surface area contributed by atoms with Crippen molar-refractivity contribution in [3.8, 4) is 0 Å². The summed E-state index contributed by atoms with van der Waals surface area (Å²) in [6.45, 7) is 6.54. The topological polar surface area (TPSA) is 46.2 Å². The monoisotopic (exact) mass is 131 g/mol. The van der Waals surface area contributed by atoms with Crippen molar-refractivity contribution < 1.29 is 5.11 Å². The molecule has 0 aromatic heterocycles. The first-order chi connectivity index (χ1) is 3.98. The van der Waals surface area contributed by atoms with Gasteiger partial charge >= 0.3 is 0 Å². The lowest BCUT2D eigenvalue weighted by Crippen LogP contribution is -2.27. The highest BCUT2D eigenvalue weighted by Crippen LogP contribution is 2.19. The molecule has 0 radical (unpaired) electrons. The molecule has 0 bridgehead atoms. The fourth-order valence-electron chi connectivity index (χ4n) is 0.883. The van der Waals surface area contributed by atoms with Crippen LogP contribution in [0.2, 0.25) is 0 Å². The van der Waals surface area contributed by atoms with Gasteiger partial charge in [0.2, 0.25) is 0 Å². The second kappa shape index (κ2) is 3.18. The smallest absolute Gasteiger partial charge is 0.0517 e. The molecule has 0 aliphatic heterocycles. The van der Waals surface area contributed by atoms with Gasteiger partial charge < -0.3 is 10.8 Å². The highest BCUT2D eigenvalue weighted by molar-refractivity contribution is 4.71. The molecule has 0 saturated carbocycles. The molecular formula is C7H17NO. The number of nitrogens with two attached hydrogens (primary N) is 1. The lowest BCUT2D eigenvalue weighted by molar-refractivity contribution is 0.133. The Morgan fingerprint density at radius 1 is 1.56 bits per heavy atom. The first-order valence-electron chi connectivity index (χ1n) is 3.36. The van der Waals surface area contributed by atoms with Gasteiger partial charge in [0, 0.05) is 0 Å². The van der Waals surface area contributed by atoms with Gasteiger partial charge in [0.1, 0.15) is 0 Å². The average Bonchev–Trinajstić information content (AvgIpc) is 1.63. The van der Waals surface area contributed by atoms with Crippen molar-refractivity contribution in [3.63, 3.8) is 0 Å². The number of hydrogen-bond donors (Lipinski definition) is 2. The fourth-order valence-corrected chi connectivity index (χ4v) is 0.883. The van der Waals surface area contributed by atoms with Crippen molar-refractivity contribution in [1.29, 1.82) is 0 Å². The first kappa shape index (κ1) is 8.92. The van der Waals surface area contributed by atoms with Crippen LogP contribution in [-0.2, 0) is 0 Å². The van der Waals surface area contributed by atoms with Crippen molar-refractivity contribution >= 4 is 0 Å². The Balaban J connectivity index is 3.58. The van der Waals surface area contributed by atoms with Gasteiger partial charge in [0.15, 0.2) is 0 Å². The fraction of sp³-hybridized carbons (Fsp3) is 1.00. The molecule has 0 aliphatic rings. The summed E-state index contributed by atoms with van der Waals surface area (Å²) < 4.78 is 0. The minimum absolute atomic E-state index is 0.0914. The summed E-state index contributed by atoms with van der Waals surface area (Å²) in [5.41, 5.74) is 5.53. The average molecular weight is 131 g/mol. The van der Waals surface area contributed by atoms with E-state index in [0.29, 0.717) is 6.54 Å². The Hall–Kier alpha value is -0.0800. The van der Waals surface area contributed by atoms with E-state index in [1.54, 1.807) is 6.92 Å². The van der Waals surface area contributed by atoms with Gasteiger partial charge in [0.05, 0.1) is 6.10 Å². The van der Waals surface area contributed by atoms with E-state index in [2.05, 4.69) is 13.8 Å². The number of aliphatic hydroxyl groups is 1. The van der Waals surface area contributed by atoms with Crippen LogP contribution in [0, 0.1) is 5.41 Å². The molecule has 2 heteroatoms. The van der Waals surface area contributed by atoms with E-state index in [0.717, 1.165) is 6.42 Å². The highest BCUT2D eigenvalue weighted by Gasteiger charge is 2.17. The molecule has 0 rings (SSSR count). The van der Waals surface area contributed by atoms with Crippen LogP contribution in [-0.4, -0.2) is 17.8 Å². The summed E-state index contributed by atoms with van der Waals surface area (Å²) >= 11 is 0. The van der Waals surface area contributed by atoms with Gasteiger partial charge in [-0.1, -0.05) is 13.8 Å². The molecular weight excluding hydrogens is 114 g/mol. The second-order valence-electron chi connectivity index (χ2n) is 3.42. The molecule has 0 aromatic rings. The molecule has 0 aromatic carbocycles. The largest absolute Gasteiger partial charge is 0.393 e. The summed E-state index contributed by atoms with van der Waals surface area (Å²) in [6.07, 6.45) is 0.548. The Labute approximate surface area is 57.1 Å². The predicted molar refractivity (Wildman–Crippen MR) is 39.1 cm³/mol. The summed E-state index contributed by atoms with van der Waals surface area (Å²) in [5.74, 6) is 0. The van der Waals surface area contributed by atoms with Gasteiger partial charge in [-0.15, -0.1) is 0 Å². The molecule has 0 heterocycles. The maximum atomic E-state index is 8.96. The third kappa shape index (κ3) is 4.43. The number of hydrogen-bond acceptors (Lipinski definition) is 2. The van der Waals surface area contributed by atoms with Gasteiger partial charge in [-0.25, -0.2) is 0 Å². The molecule has 1 atom stereocenters. The molecule has 56 valence electrons. The second-order valence-corrected chi connectivity index (χ2v) is 3.42. The molecule has 1 unspecified atom stereocenters. The van der Waals surface area contributed by atoms with E-state index < -0.39 is 0 Å². The minimum Gasteiger partial charge on any atom is -0.393 e. The third-order valence-corrected chi connectivity index (χ3v) is 1.40. The van der Waals surface area contributed by atoms with Crippen molar-refractivity contribution in [2.45, 2.75) is 33.3 Å². The van der Waals surface area contributed by atoms with Crippen LogP contribution in [0.4, 0.5) is 0 Å². The van der Waals surface area contributed by atoms with Crippen molar-refractivity contribution in [2.75, 3.05) is 6.54 Å². The zero-order valence-electron chi connectivity index (χ0n) is 6.52. The van der Waals surface area contributed by atoms with Crippen LogP contribution in [0.25, 0.3) is 0 Å². The minimum atomic E-state index is -0.233. The Bertz CT molecular complexity index is 79.0. The molecule has 0 amide bonds. The van der Waals surface area contributed by atoms with E-state index in [4.69, 9.17) is 10.8 Å². The molecule has 3 N–H and O–H groups in total. The van der Waals surface area contributed by atoms with Crippen LogP contribution < -0.4 is 5.73 Å². The van der Waals surface area contributed by atoms with Crippen LogP contribution >= 0.6 is 0 Å². The molecule has 0 aliphatic carbocycles. The maximum absolute atomic E-state index is 8.96. The van der Waals surface area contributed by atoms with Crippen LogP contribution in [0.1, 0.15) is 27.2 Å². The Morgan fingerprint density at radius 3 is 2.11 bits per heavy atom. The van der Waals surface area contributed by atoms with E-state index in [9.17, 15) is 0 Å². The van der Waals surface area contributed by atoms with Crippen molar-refractivity contribution in [3.05, 3.63) is 0 Å². The molecule has 0 saturated heterocycles. The van der Waals surface area contributed by atoms with Crippen LogP contribution in [0.3, 0.4) is 0 Å². The molecule has 0 spiro atoms. The zero-order valence-corrected chi connectivity index (χ0v) is 6.52. The van der Waals surface area contributed by atoms with Gasteiger partial charge in [0.25, 0.3) is 0 Å². The van der Waals surface area contributed by atoms with E-state index >= 15 is 0 Å². The summed E-state index contributed by atoms with van der Waals surface area (Å²) in [4.78, 5) is 0. The molecule has 9 heavy (non-hydrogen) atoms. The standard InChI is InChI=1S/C7H17NO/c1-6(9)4-7(2,3)5-8/h6,9H,4-5,8H2,1-3H3. The SMILES string of the molecule is CC(O)CC(C)(C)CN. The van der Waals surface area contributed by atoms with Gasteiger partial charge in [-0.2, -0.15) is 0 Å². The van der Waals surface area contributed by atoms with Gasteiger partial charge in [-0.05, 0) is 25.3 Å². The first-order valence-corrected chi connectivity index (χ1v) is 3.36. The van der Waals surface area contributed by atoms with E-state index in [1.807, 2.05) is 0 Å². The lowest BCUT2D eigenvalue weighted by Gasteiger charge is -2.23. The number of aliphatic hydroxyl groups excluding tert-OH is 1. The van der Waals surface area contributed by atoms with Crippen LogP contribution in [0.5, 0.6) is 0 Å². The van der Waals surface area contributed by atoms with Gasteiger partial charge in [-0.3, -0.25) is 0 Å². The molecule has 0 fully saturated rings. The number of rotatable bonds is 3. The van der Waals surface area contributed by atoms with E-state index in [-0.39, 0.29) is 11.5 Å². The van der Waals surface area contributed by atoms with Crippen molar-refractivity contribution in [1.82, 2.24) is 0 Å². The predicted octanol–water partition coefficient (Wildman–Crippen LogP) is 0.742. The quantitative estimate of drug-likeness (QED) is 0.593. The summed E-state index contributed by atoms with van der Waals surface area (Å²) in [6, 6.07) is 0. The summed E-state index contributed by atoms with van der Waals surface area (Å²) in [7, 11) is 0. The van der Waals surface area contributed by atoms with Crippen LogP contribution in [0.15, 0.2) is 0 Å². The van der Waals surface area contributed by atoms with E-state index in [1.165, 1.54) is 0 Å². The lowest BCUT2D eigenvalue weighted by atomic mass is 9.87. The normalized spacial score (nSPS) is 15.7. The zero-order chi connectivity index (χ0) is 7.49. The van der Waals surface area contributed by atoms with Crippen molar-refractivity contribution in [2.24, 2.45) is 11.1 Å². The molecule has 2 nitrogen and oxygen atoms in total. The maximum Gasteiger partial charge on any atom is 0.0517 e. The summed E-state index contributed by atoms with van der Waals surface area (Å²) in [5, 5.41) is 8.96. The highest BCUT2D eigenvalue weighted by atomic mass is 16.3. The Kier molecular flexibility index (Phi) is 3.15. The third-order valence-electron chi connectivity index (χ3n) is 1.40. The Morgan fingerprint density at radius 2 is 2.00 bits per heavy atom.